The van der Waals surface area contributed by atoms with Crippen LogP contribution in [0.3, 0.4) is 0 Å². The molecule has 20 heavy (non-hydrogen) atoms. The average molecular weight is 277 g/mol. The minimum atomic E-state index is 0.204. The van der Waals surface area contributed by atoms with Crippen molar-refractivity contribution in [2.24, 2.45) is 5.41 Å². The molecule has 3 heteroatoms. The molecule has 2 rings (SSSR count). The van der Waals surface area contributed by atoms with Crippen molar-refractivity contribution in [2.45, 2.75) is 52.2 Å². The smallest absolute Gasteiger partial charge is 0.161 e. The molecule has 3 nitrogen and oxygen atoms in total. The van der Waals surface area contributed by atoms with E-state index >= 15 is 0 Å². The Morgan fingerprint density at radius 2 is 1.95 bits per heavy atom. The van der Waals surface area contributed by atoms with E-state index < -0.39 is 0 Å². The van der Waals surface area contributed by atoms with Crippen LogP contribution >= 0.6 is 0 Å². The van der Waals surface area contributed by atoms with Gasteiger partial charge in [0.15, 0.2) is 11.5 Å². The molecule has 1 aliphatic carbocycles. The molecule has 0 amide bonds. The molecule has 0 radical (unpaired) electrons. The Bertz CT molecular complexity index is 431. The van der Waals surface area contributed by atoms with E-state index in [4.69, 9.17) is 9.47 Å². The summed E-state index contributed by atoms with van der Waals surface area (Å²) in [6.07, 6.45) is 3.76. The van der Waals surface area contributed by atoms with Crippen molar-refractivity contribution < 1.29 is 9.47 Å². The zero-order valence-electron chi connectivity index (χ0n) is 13.1. The highest BCUT2D eigenvalue weighted by atomic mass is 16.5. The number of nitrogens with one attached hydrogen (secondary N) is 1. The predicted octanol–water partition coefficient (Wildman–Crippen LogP) is 3.63. The third-order valence-corrected chi connectivity index (χ3v) is 4.29. The molecule has 0 bridgehead atoms. The topological polar surface area (TPSA) is 30.5 Å². The van der Waals surface area contributed by atoms with Crippen molar-refractivity contribution in [1.82, 2.24) is 5.32 Å². The van der Waals surface area contributed by atoms with E-state index in [1.54, 1.807) is 7.11 Å². The molecule has 1 aromatic carbocycles. The highest BCUT2D eigenvalue weighted by Crippen LogP contribution is 2.38. The van der Waals surface area contributed by atoms with E-state index in [1.165, 1.54) is 12.8 Å². The highest BCUT2D eigenvalue weighted by molar-refractivity contribution is 5.39. The van der Waals surface area contributed by atoms with Crippen LogP contribution in [-0.2, 0) is 0 Å². The summed E-state index contributed by atoms with van der Waals surface area (Å²) in [5.41, 5.74) is 0.265. The van der Waals surface area contributed by atoms with Gasteiger partial charge in [-0.15, -0.1) is 0 Å². The molecule has 1 aromatic rings. The van der Waals surface area contributed by atoms with E-state index in [2.05, 4.69) is 26.1 Å². The Morgan fingerprint density at radius 1 is 1.25 bits per heavy atom. The van der Waals surface area contributed by atoms with Gasteiger partial charge in [0.1, 0.15) is 6.10 Å². The van der Waals surface area contributed by atoms with Crippen LogP contribution in [0.2, 0.25) is 0 Å². The summed E-state index contributed by atoms with van der Waals surface area (Å²) in [5, 5.41) is 3.62. The molecule has 1 N–H and O–H groups in total. The van der Waals surface area contributed by atoms with Crippen LogP contribution in [0.5, 0.6) is 11.5 Å². The third kappa shape index (κ3) is 3.26. The maximum Gasteiger partial charge on any atom is 0.161 e. The van der Waals surface area contributed by atoms with Crippen LogP contribution < -0.4 is 14.8 Å². The Labute approximate surface area is 122 Å². The van der Waals surface area contributed by atoms with E-state index in [-0.39, 0.29) is 11.5 Å². The molecular weight excluding hydrogens is 250 g/mol. The number of rotatable bonds is 5. The fourth-order valence-corrected chi connectivity index (χ4v) is 3.22. The van der Waals surface area contributed by atoms with Gasteiger partial charge in [-0.3, -0.25) is 0 Å². The van der Waals surface area contributed by atoms with Crippen LogP contribution in [0.4, 0.5) is 0 Å². The molecular formula is C17H27NO2. The number of benzene rings is 1. The van der Waals surface area contributed by atoms with Gasteiger partial charge in [-0.1, -0.05) is 32.9 Å². The average Bonchev–Trinajstić information content (AvgIpc) is 2.43. The molecule has 0 heterocycles. The first-order valence-corrected chi connectivity index (χ1v) is 7.61. The van der Waals surface area contributed by atoms with Gasteiger partial charge in [0.25, 0.3) is 0 Å². The standard InChI is InChI=1S/C17H27NO2/c1-5-18-16-15(11-8-12-17(16,2)3)20-14-10-7-6-9-13(14)19-4/h6-7,9-10,15-16,18H,5,8,11-12H2,1-4H3. The lowest BCUT2D eigenvalue weighted by atomic mass is 9.71. The van der Waals surface area contributed by atoms with E-state index in [0.29, 0.717) is 6.04 Å². The summed E-state index contributed by atoms with van der Waals surface area (Å²) < 4.78 is 11.7. The molecule has 2 atom stereocenters. The maximum atomic E-state index is 6.29. The predicted molar refractivity (Wildman–Crippen MR) is 82.5 cm³/mol. The van der Waals surface area contributed by atoms with Crippen LogP contribution in [0.15, 0.2) is 24.3 Å². The molecule has 0 spiro atoms. The van der Waals surface area contributed by atoms with Gasteiger partial charge in [0, 0.05) is 6.04 Å². The van der Waals surface area contributed by atoms with Crippen molar-refractivity contribution in [3.63, 3.8) is 0 Å². The molecule has 1 saturated carbocycles. The summed E-state index contributed by atoms with van der Waals surface area (Å²) in [6, 6.07) is 8.28. The normalized spacial score (nSPS) is 25.2. The third-order valence-electron chi connectivity index (χ3n) is 4.29. The molecule has 1 aliphatic rings. The number of likely N-dealkylation sites (N-methyl/N-ethyl adjacent to an activating group) is 1. The largest absolute Gasteiger partial charge is 0.493 e. The van der Waals surface area contributed by atoms with Crippen molar-refractivity contribution in [3.05, 3.63) is 24.3 Å². The number of para-hydroxylation sites is 2. The van der Waals surface area contributed by atoms with E-state index in [9.17, 15) is 0 Å². The second-order valence-corrected chi connectivity index (χ2v) is 6.22. The Kier molecular flexibility index (Phi) is 4.92. The first-order valence-electron chi connectivity index (χ1n) is 7.61. The van der Waals surface area contributed by atoms with Crippen molar-refractivity contribution in [2.75, 3.05) is 13.7 Å². The fraction of sp³-hybridized carbons (Fsp3) is 0.647. The van der Waals surface area contributed by atoms with Gasteiger partial charge in [-0.25, -0.2) is 0 Å². The van der Waals surface area contributed by atoms with Crippen LogP contribution in [-0.4, -0.2) is 25.8 Å². The van der Waals surface area contributed by atoms with Crippen LogP contribution in [0.25, 0.3) is 0 Å². The summed E-state index contributed by atoms with van der Waals surface area (Å²) >= 11 is 0. The van der Waals surface area contributed by atoms with Crippen LogP contribution in [0, 0.1) is 5.41 Å². The summed E-state index contributed by atoms with van der Waals surface area (Å²) in [5.74, 6) is 1.66. The van der Waals surface area contributed by atoms with Crippen LogP contribution in [0.1, 0.15) is 40.0 Å². The van der Waals surface area contributed by atoms with Crippen molar-refractivity contribution >= 4 is 0 Å². The fourth-order valence-electron chi connectivity index (χ4n) is 3.22. The second-order valence-electron chi connectivity index (χ2n) is 6.22. The lowest BCUT2D eigenvalue weighted by Gasteiger charge is -2.44. The summed E-state index contributed by atoms with van der Waals surface area (Å²) in [4.78, 5) is 0. The quantitative estimate of drug-likeness (QED) is 0.891. The molecule has 112 valence electrons. The molecule has 0 aromatic heterocycles. The minimum Gasteiger partial charge on any atom is -0.493 e. The number of ether oxygens (including phenoxy) is 2. The van der Waals surface area contributed by atoms with Gasteiger partial charge in [0.05, 0.1) is 7.11 Å². The Hall–Kier alpha value is -1.22. The molecule has 0 saturated heterocycles. The summed E-state index contributed by atoms with van der Waals surface area (Å²) in [6.45, 7) is 7.79. The van der Waals surface area contributed by atoms with E-state index in [1.807, 2.05) is 24.3 Å². The maximum absolute atomic E-state index is 6.29. The van der Waals surface area contributed by atoms with Gasteiger partial charge in [-0.2, -0.15) is 0 Å². The zero-order valence-corrected chi connectivity index (χ0v) is 13.1. The van der Waals surface area contributed by atoms with Gasteiger partial charge in [0.2, 0.25) is 0 Å². The van der Waals surface area contributed by atoms with Crippen molar-refractivity contribution in [1.29, 1.82) is 0 Å². The Morgan fingerprint density at radius 3 is 2.60 bits per heavy atom. The minimum absolute atomic E-state index is 0.204. The monoisotopic (exact) mass is 277 g/mol. The first kappa shape index (κ1) is 15.2. The van der Waals surface area contributed by atoms with Gasteiger partial charge >= 0.3 is 0 Å². The van der Waals surface area contributed by atoms with Gasteiger partial charge < -0.3 is 14.8 Å². The lowest BCUT2D eigenvalue weighted by Crippen LogP contribution is -2.54. The zero-order chi connectivity index (χ0) is 14.6. The molecule has 0 aliphatic heterocycles. The Balaban J connectivity index is 2.17. The second kappa shape index (κ2) is 6.49. The number of methoxy groups -OCH3 is 1. The summed E-state index contributed by atoms with van der Waals surface area (Å²) in [7, 11) is 1.69. The highest BCUT2D eigenvalue weighted by Gasteiger charge is 2.40. The first-order chi connectivity index (χ1) is 9.58. The molecule has 1 fully saturated rings. The lowest BCUT2D eigenvalue weighted by molar-refractivity contribution is 0.0356. The van der Waals surface area contributed by atoms with E-state index in [0.717, 1.165) is 24.5 Å². The number of hydrogen-bond donors (Lipinski definition) is 1. The molecule has 2 unspecified atom stereocenters. The van der Waals surface area contributed by atoms with Gasteiger partial charge in [-0.05, 0) is 43.4 Å². The van der Waals surface area contributed by atoms with Crippen molar-refractivity contribution in [3.8, 4) is 11.5 Å². The SMILES string of the molecule is CCNC1C(Oc2ccccc2OC)CCCC1(C)C. The number of hydrogen-bond acceptors (Lipinski definition) is 3.